The molecule has 1 unspecified atom stereocenters. The van der Waals surface area contributed by atoms with Gasteiger partial charge >= 0.3 is 0 Å². The number of hydrogen-bond donors (Lipinski definition) is 1. The van der Waals surface area contributed by atoms with E-state index in [1.165, 1.54) is 19.3 Å². The molecule has 0 aliphatic heterocycles. The third-order valence-electron chi connectivity index (χ3n) is 4.61. The molecular weight excluding hydrogens is 250 g/mol. The van der Waals surface area contributed by atoms with Crippen molar-refractivity contribution in [3.8, 4) is 0 Å². The predicted octanol–water partition coefficient (Wildman–Crippen LogP) is 3.28. The van der Waals surface area contributed by atoms with Crippen LogP contribution in [-0.4, -0.2) is 19.3 Å². The van der Waals surface area contributed by atoms with E-state index in [4.69, 9.17) is 5.73 Å². The maximum absolute atomic E-state index is 6.22. The molecule has 110 valence electrons. The number of nitrogen functional groups attached to an aromatic ring is 1. The fourth-order valence-electron chi connectivity index (χ4n) is 3.67. The highest BCUT2D eigenvalue weighted by atomic mass is 15.4. The van der Waals surface area contributed by atoms with Gasteiger partial charge in [-0.25, -0.2) is 9.67 Å². The fourth-order valence-corrected chi connectivity index (χ4v) is 3.67. The average Bonchev–Trinajstić information content (AvgIpc) is 2.85. The molecule has 2 N–H and O–H groups in total. The minimum Gasteiger partial charge on any atom is -0.369 e. The average molecular weight is 275 g/mol. The van der Waals surface area contributed by atoms with Crippen LogP contribution in [0.5, 0.6) is 0 Å². The smallest absolute Gasteiger partial charge is 0.202 e. The predicted molar refractivity (Wildman–Crippen MR) is 81.6 cm³/mol. The van der Waals surface area contributed by atoms with Crippen LogP contribution in [0.1, 0.15) is 58.2 Å². The van der Waals surface area contributed by atoms with Gasteiger partial charge in [0, 0.05) is 12.6 Å². The summed E-state index contributed by atoms with van der Waals surface area (Å²) in [6, 6.07) is 0.449. The van der Waals surface area contributed by atoms with Gasteiger partial charge in [0.05, 0.1) is 5.69 Å². The van der Waals surface area contributed by atoms with Crippen molar-refractivity contribution in [3.05, 3.63) is 5.69 Å². The van der Waals surface area contributed by atoms with Gasteiger partial charge in [-0.1, -0.05) is 20.3 Å². The summed E-state index contributed by atoms with van der Waals surface area (Å²) >= 11 is 0. The molecule has 0 saturated heterocycles. The molecule has 2 heterocycles. The molecule has 1 fully saturated rings. The van der Waals surface area contributed by atoms with Gasteiger partial charge in [-0.2, -0.15) is 5.10 Å². The number of anilines is 1. The summed E-state index contributed by atoms with van der Waals surface area (Å²) in [5, 5.41) is 4.58. The highest BCUT2D eigenvalue weighted by Crippen LogP contribution is 2.43. The van der Waals surface area contributed by atoms with Crippen molar-refractivity contribution in [2.45, 2.75) is 66.0 Å². The van der Waals surface area contributed by atoms with Crippen LogP contribution in [0.3, 0.4) is 0 Å². The van der Waals surface area contributed by atoms with Crippen molar-refractivity contribution in [2.75, 3.05) is 5.73 Å². The Bertz CT molecular complexity index is 634. The van der Waals surface area contributed by atoms with Gasteiger partial charge in [-0.15, -0.1) is 0 Å². The second-order valence-electron chi connectivity index (χ2n) is 6.83. The van der Waals surface area contributed by atoms with Crippen LogP contribution in [0.2, 0.25) is 0 Å². The van der Waals surface area contributed by atoms with E-state index in [0.717, 1.165) is 29.8 Å². The molecular formula is C15H25N5. The summed E-state index contributed by atoms with van der Waals surface area (Å²) in [5.74, 6) is 0.644. The Kier molecular flexibility index (Phi) is 3.03. The van der Waals surface area contributed by atoms with Crippen molar-refractivity contribution >= 4 is 17.1 Å². The molecule has 1 atom stereocenters. The molecule has 5 heteroatoms. The lowest BCUT2D eigenvalue weighted by molar-refractivity contribution is 0.186. The van der Waals surface area contributed by atoms with Crippen molar-refractivity contribution in [3.63, 3.8) is 0 Å². The standard InChI is InChI=1S/C15H25N5/c1-5-19-13-12(10(2)18-19)17-14(16)20(13)11-7-6-8-15(3,4)9-11/h11H,5-9H2,1-4H3,(H2,16,17). The van der Waals surface area contributed by atoms with E-state index in [9.17, 15) is 0 Å². The molecule has 0 spiro atoms. The minimum atomic E-state index is 0.387. The van der Waals surface area contributed by atoms with Crippen molar-refractivity contribution < 1.29 is 0 Å². The van der Waals surface area contributed by atoms with Gasteiger partial charge in [0.15, 0.2) is 5.65 Å². The largest absolute Gasteiger partial charge is 0.369 e. The lowest BCUT2D eigenvalue weighted by Gasteiger charge is -2.36. The molecule has 2 aromatic rings. The Morgan fingerprint density at radius 1 is 1.40 bits per heavy atom. The third-order valence-corrected chi connectivity index (χ3v) is 4.61. The van der Waals surface area contributed by atoms with Crippen LogP contribution in [0.15, 0.2) is 0 Å². The fraction of sp³-hybridized carbons (Fsp3) is 0.733. The van der Waals surface area contributed by atoms with Gasteiger partial charge in [0.25, 0.3) is 0 Å². The van der Waals surface area contributed by atoms with E-state index in [0.29, 0.717) is 17.4 Å². The van der Waals surface area contributed by atoms with Crippen LogP contribution in [-0.2, 0) is 6.54 Å². The lowest BCUT2D eigenvalue weighted by Crippen LogP contribution is -2.26. The van der Waals surface area contributed by atoms with Gasteiger partial charge in [0.2, 0.25) is 5.95 Å². The van der Waals surface area contributed by atoms with E-state index in [-0.39, 0.29) is 0 Å². The monoisotopic (exact) mass is 275 g/mol. The first-order chi connectivity index (χ1) is 9.43. The summed E-state index contributed by atoms with van der Waals surface area (Å²) in [6.07, 6.45) is 4.91. The summed E-state index contributed by atoms with van der Waals surface area (Å²) < 4.78 is 4.27. The number of aryl methyl sites for hydroxylation is 2. The molecule has 0 radical (unpaired) electrons. The van der Waals surface area contributed by atoms with Crippen LogP contribution in [0, 0.1) is 12.3 Å². The Hall–Kier alpha value is -1.52. The number of nitrogens with two attached hydrogens (primary N) is 1. The maximum atomic E-state index is 6.22. The van der Waals surface area contributed by atoms with Gasteiger partial charge in [-0.05, 0) is 38.5 Å². The van der Waals surface area contributed by atoms with Gasteiger partial charge < -0.3 is 5.73 Å². The number of aromatic nitrogens is 4. The zero-order chi connectivity index (χ0) is 14.5. The van der Waals surface area contributed by atoms with E-state index in [1.807, 2.05) is 11.6 Å². The second kappa shape index (κ2) is 4.50. The first kappa shape index (κ1) is 13.5. The zero-order valence-corrected chi connectivity index (χ0v) is 13.0. The van der Waals surface area contributed by atoms with E-state index in [1.54, 1.807) is 0 Å². The summed E-state index contributed by atoms with van der Waals surface area (Å²) in [5.41, 5.74) is 9.65. The molecule has 1 aliphatic carbocycles. The highest BCUT2D eigenvalue weighted by Gasteiger charge is 2.32. The molecule has 0 bridgehead atoms. The Labute approximate surface area is 120 Å². The normalized spacial score (nSPS) is 22.5. The Morgan fingerprint density at radius 2 is 2.15 bits per heavy atom. The summed E-state index contributed by atoms with van der Waals surface area (Å²) in [7, 11) is 0. The molecule has 0 amide bonds. The molecule has 0 aromatic carbocycles. The summed E-state index contributed by atoms with van der Waals surface area (Å²) in [4.78, 5) is 4.56. The molecule has 1 saturated carbocycles. The highest BCUT2D eigenvalue weighted by molar-refractivity contribution is 5.77. The van der Waals surface area contributed by atoms with Gasteiger partial charge in [-0.3, -0.25) is 4.57 Å². The van der Waals surface area contributed by atoms with Gasteiger partial charge in [0.1, 0.15) is 5.52 Å². The molecule has 1 aliphatic rings. The van der Waals surface area contributed by atoms with Crippen LogP contribution >= 0.6 is 0 Å². The molecule has 2 aromatic heterocycles. The Balaban J connectivity index is 2.13. The number of nitrogens with zero attached hydrogens (tertiary/aromatic N) is 4. The summed E-state index contributed by atoms with van der Waals surface area (Å²) in [6.45, 7) is 9.68. The van der Waals surface area contributed by atoms with Crippen molar-refractivity contribution in [1.29, 1.82) is 0 Å². The van der Waals surface area contributed by atoms with E-state index >= 15 is 0 Å². The second-order valence-corrected chi connectivity index (χ2v) is 6.83. The number of imidazole rings is 1. The zero-order valence-electron chi connectivity index (χ0n) is 13.0. The minimum absolute atomic E-state index is 0.387. The molecule has 3 rings (SSSR count). The van der Waals surface area contributed by atoms with Crippen molar-refractivity contribution in [1.82, 2.24) is 19.3 Å². The molecule has 5 nitrogen and oxygen atoms in total. The lowest BCUT2D eigenvalue weighted by atomic mass is 9.75. The number of fused-ring (bicyclic) bond motifs is 1. The van der Waals surface area contributed by atoms with Crippen molar-refractivity contribution in [2.24, 2.45) is 5.41 Å². The van der Waals surface area contributed by atoms with E-state index in [2.05, 4.69) is 35.4 Å². The topological polar surface area (TPSA) is 61.7 Å². The molecule has 20 heavy (non-hydrogen) atoms. The quantitative estimate of drug-likeness (QED) is 0.914. The first-order valence-corrected chi connectivity index (χ1v) is 7.64. The first-order valence-electron chi connectivity index (χ1n) is 7.64. The maximum Gasteiger partial charge on any atom is 0.202 e. The Morgan fingerprint density at radius 3 is 2.80 bits per heavy atom. The van der Waals surface area contributed by atoms with Crippen LogP contribution in [0.4, 0.5) is 5.95 Å². The van der Waals surface area contributed by atoms with E-state index < -0.39 is 0 Å². The SMILES string of the molecule is CCn1nc(C)c2nc(N)n(C3CCCC(C)(C)C3)c21. The number of hydrogen-bond acceptors (Lipinski definition) is 3. The number of rotatable bonds is 2. The third kappa shape index (κ3) is 2.00. The van der Waals surface area contributed by atoms with Crippen LogP contribution < -0.4 is 5.73 Å². The van der Waals surface area contributed by atoms with Crippen LogP contribution in [0.25, 0.3) is 11.2 Å².